The highest BCUT2D eigenvalue weighted by molar-refractivity contribution is 7.12. The molecule has 22 heavy (non-hydrogen) atoms. The van der Waals surface area contributed by atoms with Crippen molar-refractivity contribution < 1.29 is 18.7 Å². The number of methoxy groups -OCH3 is 1. The molecule has 7 heteroatoms. The lowest BCUT2D eigenvalue weighted by atomic mass is 10.1. The molecule has 3 heterocycles. The number of carbonyl (C=O) groups excluding carboxylic acids is 1. The summed E-state index contributed by atoms with van der Waals surface area (Å²) in [5, 5.41) is 1.61. The van der Waals surface area contributed by atoms with E-state index in [-0.39, 0.29) is 22.9 Å². The number of morpholine rings is 1. The Balaban J connectivity index is 1.64. The highest BCUT2D eigenvalue weighted by Gasteiger charge is 2.42. The molecule has 1 aromatic heterocycles. The summed E-state index contributed by atoms with van der Waals surface area (Å²) in [6.07, 6.45) is 0.996. The predicted molar refractivity (Wildman–Crippen MR) is 81.8 cm³/mol. The van der Waals surface area contributed by atoms with E-state index in [4.69, 9.17) is 9.47 Å². The Bertz CT molecular complexity index is 525. The van der Waals surface area contributed by atoms with Gasteiger partial charge in [-0.25, -0.2) is 4.39 Å². The molecule has 0 saturated carbocycles. The van der Waals surface area contributed by atoms with Crippen molar-refractivity contribution in [2.45, 2.75) is 18.6 Å². The topological polar surface area (TPSA) is 42.0 Å². The second-order valence-electron chi connectivity index (χ2n) is 5.67. The third kappa shape index (κ3) is 3.17. The van der Waals surface area contributed by atoms with Gasteiger partial charge >= 0.3 is 0 Å². The van der Waals surface area contributed by atoms with Gasteiger partial charge in [-0.3, -0.25) is 9.69 Å². The van der Waals surface area contributed by atoms with E-state index in [0.29, 0.717) is 19.7 Å². The first-order valence-corrected chi connectivity index (χ1v) is 8.45. The highest BCUT2D eigenvalue weighted by Crippen LogP contribution is 2.26. The number of fused-ring (bicyclic) bond motifs is 1. The van der Waals surface area contributed by atoms with Gasteiger partial charge in [-0.05, 0) is 17.9 Å². The van der Waals surface area contributed by atoms with E-state index in [9.17, 15) is 9.18 Å². The standard InChI is InChI=1S/C15H21FN2O3S/c1-20-6-2-4-17-5-7-21-13-10-18(9-12(13)17)15(19)14-11(16)3-8-22-14/h3,8,12-13H,2,4-7,9-10H2,1H3/t12-,13-/m0/s1. The first-order chi connectivity index (χ1) is 10.7. The smallest absolute Gasteiger partial charge is 0.267 e. The van der Waals surface area contributed by atoms with Crippen molar-refractivity contribution in [3.63, 3.8) is 0 Å². The SMILES string of the molecule is COCCCN1CCO[C@H]2CN(C(=O)c3sccc3F)C[C@@H]21. The van der Waals surface area contributed by atoms with Gasteiger partial charge in [-0.15, -0.1) is 11.3 Å². The molecule has 0 aliphatic carbocycles. The number of halogens is 1. The predicted octanol–water partition coefficient (Wildman–Crippen LogP) is 1.45. The van der Waals surface area contributed by atoms with Gasteiger partial charge < -0.3 is 14.4 Å². The van der Waals surface area contributed by atoms with E-state index in [1.807, 2.05) is 0 Å². The van der Waals surface area contributed by atoms with Crippen LogP contribution in [0.1, 0.15) is 16.1 Å². The maximum Gasteiger partial charge on any atom is 0.267 e. The molecule has 3 rings (SSSR count). The molecule has 0 aromatic carbocycles. The Morgan fingerprint density at radius 1 is 1.55 bits per heavy atom. The first-order valence-electron chi connectivity index (χ1n) is 7.57. The van der Waals surface area contributed by atoms with Gasteiger partial charge in [-0.2, -0.15) is 0 Å². The number of amides is 1. The number of hydrogen-bond donors (Lipinski definition) is 0. The van der Waals surface area contributed by atoms with E-state index in [0.717, 1.165) is 37.5 Å². The van der Waals surface area contributed by atoms with Gasteiger partial charge in [0, 0.05) is 39.9 Å². The zero-order valence-electron chi connectivity index (χ0n) is 12.7. The third-order valence-corrected chi connectivity index (χ3v) is 5.19. The molecule has 2 fully saturated rings. The van der Waals surface area contributed by atoms with Crippen molar-refractivity contribution in [2.75, 3.05) is 46.5 Å². The molecular formula is C15H21FN2O3S. The second kappa shape index (κ2) is 7.04. The van der Waals surface area contributed by atoms with Crippen LogP contribution in [0.3, 0.4) is 0 Å². The largest absolute Gasteiger partial charge is 0.385 e. The van der Waals surface area contributed by atoms with Gasteiger partial charge in [0.25, 0.3) is 5.91 Å². The fraction of sp³-hybridized carbons (Fsp3) is 0.667. The van der Waals surface area contributed by atoms with Crippen LogP contribution in [0, 0.1) is 5.82 Å². The normalized spacial score (nSPS) is 25.5. The minimum absolute atomic E-state index is 0.0308. The van der Waals surface area contributed by atoms with Gasteiger partial charge in [0.05, 0.1) is 18.8 Å². The van der Waals surface area contributed by atoms with Crippen molar-refractivity contribution in [1.82, 2.24) is 9.80 Å². The van der Waals surface area contributed by atoms with Crippen molar-refractivity contribution in [1.29, 1.82) is 0 Å². The molecule has 0 unspecified atom stereocenters. The molecule has 2 saturated heterocycles. The molecule has 122 valence electrons. The summed E-state index contributed by atoms with van der Waals surface area (Å²) in [5.74, 6) is -0.648. The number of ether oxygens (including phenoxy) is 2. The van der Waals surface area contributed by atoms with Crippen LogP contribution in [0.4, 0.5) is 4.39 Å². The third-order valence-electron chi connectivity index (χ3n) is 4.31. The monoisotopic (exact) mass is 328 g/mol. The van der Waals surface area contributed by atoms with E-state index >= 15 is 0 Å². The molecule has 0 radical (unpaired) electrons. The summed E-state index contributed by atoms with van der Waals surface area (Å²) < 4.78 is 24.5. The Hall–Kier alpha value is -1.02. The number of rotatable bonds is 5. The Labute approximate surface area is 133 Å². The summed E-state index contributed by atoms with van der Waals surface area (Å²) in [6.45, 7) is 4.38. The molecular weight excluding hydrogens is 307 g/mol. The average molecular weight is 328 g/mol. The number of thiophene rings is 1. The second-order valence-corrected chi connectivity index (χ2v) is 6.58. The molecule has 2 aliphatic rings. The van der Waals surface area contributed by atoms with Crippen LogP contribution in [0.15, 0.2) is 11.4 Å². The summed E-state index contributed by atoms with van der Waals surface area (Å²) in [5.41, 5.74) is 0. The average Bonchev–Trinajstić information content (AvgIpc) is 3.13. The first kappa shape index (κ1) is 15.9. The highest BCUT2D eigenvalue weighted by atomic mass is 32.1. The van der Waals surface area contributed by atoms with E-state index in [2.05, 4.69) is 4.90 Å². The van der Waals surface area contributed by atoms with Gasteiger partial charge in [-0.1, -0.05) is 0 Å². The van der Waals surface area contributed by atoms with Crippen molar-refractivity contribution in [3.8, 4) is 0 Å². The molecule has 0 N–H and O–H groups in total. The van der Waals surface area contributed by atoms with E-state index in [1.165, 1.54) is 6.07 Å². The fourth-order valence-electron chi connectivity index (χ4n) is 3.20. The minimum atomic E-state index is -0.428. The molecule has 1 aromatic rings. The summed E-state index contributed by atoms with van der Waals surface area (Å²) in [4.78, 5) is 16.7. The maximum absolute atomic E-state index is 13.6. The van der Waals surface area contributed by atoms with Crippen LogP contribution in [0.2, 0.25) is 0 Å². The lowest BCUT2D eigenvalue weighted by molar-refractivity contribution is -0.0487. The van der Waals surface area contributed by atoms with Crippen LogP contribution >= 0.6 is 11.3 Å². The zero-order chi connectivity index (χ0) is 15.5. The van der Waals surface area contributed by atoms with Crippen molar-refractivity contribution >= 4 is 17.2 Å². The van der Waals surface area contributed by atoms with Gasteiger partial charge in [0.2, 0.25) is 0 Å². The Morgan fingerprint density at radius 2 is 2.41 bits per heavy atom. The zero-order valence-corrected chi connectivity index (χ0v) is 13.5. The van der Waals surface area contributed by atoms with E-state index in [1.54, 1.807) is 17.4 Å². The fourth-order valence-corrected chi connectivity index (χ4v) is 3.94. The molecule has 2 atom stereocenters. The van der Waals surface area contributed by atoms with Crippen molar-refractivity contribution in [2.24, 2.45) is 0 Å². The maximum atomic E-state index is 13.6. The summed E-state index contributed by atoms with van der Waals surface area (Å²) >= 11 is 1.16. The molecule has 1 amide bonds. The minimum Gasteiger partial charge on any atom is -0.385 e. The lowest BCUT2D eigenvalue weighted by Gasteiger charge is -2.36. The number of hydrogen-bond acceptors (Lipinski definition) is 5. The lowest BCUT2D eigenvalue weighted by Crippen LogP contribution is -2.51. The van der Waals surface area contributed by atoms with Crippen LogP contribution in [0.25, 0.3) is 0 Å². The quantitative estimate of drug-likeness (QED) is 0.767. The van der Waals surface area contributed by atoms with Gasteiger partial charge in [0.15, 0.2) is 0 Å². The molecule has 2 aliphatic heterocycles. The van der Waals surface area contributed by atoms with Crippen LogP contribution in [0.5, 0.6) is 0 Å². The molecule has 0 bridgehead atoms. The van der Waals surface area contributed by atoms with Crippen LogP contribution < -0.4 is 0 Å². The van der Waals surface area contributed by atoms with Crippen LogP contribution in [-0.2, 0) is 9.47 Å². The number of likely N-dealkylation sites (tertiary alicyclic amines) is 1. The summed E-state index contributed by atoms with van der Waals surface area (Å²) in [6, 6.07) is 1.55. The Morgan fingerprint density at radius 3 is 3.14 bits per heavy atom. The van der Waals surface area contributed by atoms with Crippen LogP contribution in [-0.4, -0.2) is 74.4 Å². The summed E-state index contributed by atoms with van der Waals surface area (Å²) in [7, 11) is 1.70. The number of nitrogens with zero attached hydrogens (tertiary/aromatic N) is 2. The Kier molecular flexibility index (Phi) is 5.07. The molecule has 5 nitrogen and oxygen atoms in total. The molecule has 0 spiro atoms. The number of carbonyl (C=O) groups is 1. The van der Waals surface area contributed by atoms with Crippen molar-refractivity contribution in [3.05, 3.63) is 22.1 Å². The van der Waals surface area contributed by atoms with E-state index < -0.39 is 5.82 Å². The van der Waals surface area contributed by atoms with Gasteiger partial charge in [0.1, 0.15) is 10.7 Å².